The van der Waals surface area contributed by atoms with Crippen LogP contribution in [0.2, 0.25) is 0 Å². The van der Waals surface area contributed by atoms with Gasteiger partial charge in [-0.15, -0.1) is 0 Å². The summed E-state index contributed by atoms with van der Waals surface area (Å²) in [6.07, 6.45) is 7.05. The van der Waals surface area contributed by atoms with Gasteiger partial charge in [-0.25, -0.2) is 0 Å². The van der Waals surface area contributed by atoms with Gasteiger partial charge in [0.05, 0.1) is 0 Å². The van der Waals surface area contributed by atoms with Crippen LogP contribution in [-0.2, 0) is 0 Å². The van der Waals surface area contributed by atoms with Gasteiger partial charge in [-0.2, -0.15) is 12.6 Å². The summed E-state index contributed by atoms with van der Waals surface area (Å²) < 4.78 is 0. The van der Waals surface area contributed by atoms with Crippen molar-refractivity contribution in [2.45, 2.75) is 52.0 Å². The molecule has 106 valence electrons. The van der Waals surface area contributed by atoms with Crippen LogP contribution >= 0.6 is 12.6 Å². The van der Waals surface area contributed by atoms with E-state index in [4.69, 9.17) is 0 Å². The Bertz CT molecular complexity index is 241. The molecule has 2 aliphatic heterocycles. The minimum atomic E-state index is 0.362. The Morgan fingerprint density at radius 2 is 1.61 bits per heavy atom. The predicted molar refractivity (Wildman–Crippen MR) is 82.5 cm³/mol. The van der Waals surface area contributed by atoms with E-state index in [0.29, 0.717) is 5.41 Å². The van der Waals surface area contributed by atoms with Crippen LogP contribution in [0.3, 0.4) is 0 Å². The minimum Gasteiger partial charge on any atom is -0.303 e. The van der Waals surface area contributed by atoms with E-state index in [1.165, 1.54) is 64.8 Å². The van der Waals surface area contributed by atoms with Crippen LogP contribution in [0.25, 0.3) is 0 Å². The van der Waals surface area contributed by atoms with E-state index in [1.807, 2.05) is 0 Å². The number of nitrogens with zero attached hydrogens (tertiary/aromatic N) is 2. The summed E-state index contributed by atoms with van der Waals surface area (Å²) in [4.78, 5) is 5.40. The van der Waals surface area contributed by atoms with Crippen LogP contribution in [-0.4, -0.2) is 54.3 Å². The molecule has 0 atom stereocenters. The van der Waals surface area contributed by atoms with Crippen LogP contribution < -0.4 is 0 Å². The topological polar surface area (TPSA) is 6.48 Å². The third-order valence-corrected chi connectivity index (χ3v) is 5.40. The van der Waals surface area contributed by atoms with Gasteiger partial charge in [0.25, 0.3) is 0 Å². The molecule has 3 heteroatoms. The molecule has 0 N–H and O–H groups in total. The van der Waals surface area contributed by atoms with Gasteiger partial charge in [0.1, 0.15) is 0 Å². The lowest BCUT2D eigenvalue weighted by molar-refractivity contribution is 0.0780. The highest BCUT2D eigenvalue weighted by Gasteiger charge is 2.28. The first-order valence-corrected chi connectivity index (χ1v) is 8.31. The molecule has 0 unspecified atom stereocenters. The quantitative estimate of drug-likeness (QED) is 0.785. The summed E-state index contributed by atoms with van der Waals surface area (Å²) >= 11 is 4.47. The summed E-state index contributed by atoms with van der Waals surface area (Å²) in [5, 5.41) is 0. The second-order valence-electron chi connectivity index (χ2n) is 6.93. The summed E-state index contributed by atoms with van der Waals surface area (Å²) in [5.74, 6) is 0.985. The maximum Gasteiger partial charge on any atom is 0.0120 e. The number of rotatable bonds is 4. The molecule has 2 heterocycles. The van der Waals surface area contributed by atoms with E-state index < -0.39 is 0 Å². The maximum atomic E-state index is 4.47. The summed E-state index contributed by atoms with van der Waals surface area (Å²) in [5.41, 5.74) is 0.362. The van der Waals surface area contributed by atoms with Gasteiger partial charge >= 0.3 is 0 Å². The second-order valence-corrected chi connectivity index (χ2v) is 7.24. The zero-order valence-electron chi connectivity index (χ0n) is 12.2. The van der Waals surface area contributed by atoms with E-state index >= 15 is 0 Å². The number of hydrogen-bond donors (Lipinski definition) is 1. The van der Waals surface area contributed by atoms with Crippen LogP contribution in [0.15, 0.2) is 0 Å². The van der Waals surface area contributed by atoms with Crippen LogP contribution in [0.1, 0.15) is 46.0 Å². The van der Waals surface area contributed by atoms with Crippen molar-refractivity contribution in [1.29, 1.82) is 0 Å². The standard InChI is InChI=1S/C15H30N2S/c1-15(2,13-18)12-16-10-6-14(7-11-16)17-8-4-3-5-9-17/h14,18H,3-13H2,1-2H3. The lowest BCUT2D eigenvalue weighted by Gasteiger charge is -2.42. The average Bonchev–Trinajstić information content (AvgIpc) is 2.40. The molecule has 0 bridgehead atoms. The molecular formula is C15H30N2S. The van der Waals surface area contributed by atoms with E-state index in [9.17, 15) is 0 Å². The molecule has 0 aliphatic carbocycles. The van der Waals surface area contributed by atoms with Crippen molar-refractivity contribution in [1.82, 2.24) is 9.80 Å². The average molecular weight is 270 g/mol. The summed E-state index contributed by atoms with van der Waals surface area (Å²) in [6.45, 7) is 11.2. The Morgan fingerprint density at radius 3 is 2.17 bits per heavy atom. The number of thiol groups is 1. The fraction of sp³-hybridized carbons (Fsp3) is 1.00. The Hall–Kier alpha value is 0.270. The van der Waals surface area contributed by atoms with Gasteiger partial charge < -0.3 is 9.80 Å². The monoisotopic (exact) mass is 270 g/mol. The Kier molecular flexibility index (Phi) is 5.40. The van der Waals surface area contributed by atoms with Crippen LogP contribution in [0, 0.1) is 5.41 Å². The zero-order chi connectivity index (χ0) is 13.0. The van der Waals surface area contributed by atoms with Crippen molar-refractivity contribution in [2.24, 2.45) is 5.41 Å². The molecule has 2 saturated heterocycles. The highest BCUT2D eigenvalue weighted by Crippen LogP contribution is 2.24. The first kappa shape index (κ1) is 14.7. The van der Waals surface area contributed by atoms with E-state index in [0.717, 1.165) is 11.8 Å². The van der Waals surface area contributed by atoms with Gasteiger partial charge in [-0.3, -0.25) is 0 Å². The molecule has 2 aliphatic rings. The van der Waals surface area contributed by atoms with E-state index in [1.54, 1.807) is 0 Å². The molecule has 0 aromatic carbocycles. The molecule has 18 heavy (non-hydrogen) atoms. The smallest absolute Gasteiger partial charge is 0.0120 e. The maximum absolute atomic E-state index is 4.47. The van der Waals surface area contributed by atoms with Crippen molar-refractivity contribution >= 4 is 12.6 Å². The van der Waals surface area contributed by atoms with E-state index in [2.05, 4.69) is 36.3 Å². The Morgan fingerprint density at radius 1 is 1.00 bits per heavy atom. The minimum absolute atomic E-state index is 0.362. The first-order valence-electron chi connectivity index (χ1n) is 7.68. The van der Waals surface area contributed by atoms with Crippen LogP contribution in [0.4, 0.5) is 0 Å². The van der Waals surface area contributed by atoms with Crippen molar-refractivity contribution in [3.63, 3.8) is 0 Å². The predicted octanol–water partition coefficient (Wildman–Crippen LogP) is 2.89. The summed E-state index contributed by atoms with van der Waals surface area (Å²) in [6, 6.07) is 0.876. The van der Waals surface area contributed by atoms with Gasteiger partial charge in [0.2, 0.25) is 0 Å². The number of piperidine rings is 2. The highest BCUT2D eigenvalue weighted by molar-refractivity contribution is 7.80. The second kappa shape index (κ2) is 6.62. The van der Waals surface area contributed by atoms with Crippen LogP contribution in [0.5, 0.6) is 0 Å². The first-order chi connectivity index (χ1) is 8.61. The van der Waals surface area contributed by atoms with Crippen molar-refractivity contribution in [3.8, 4) is 0 Å². The Balaban J connectivity index is 1.74. The fourth-order valence-electron chi connectivity index (χ4n) is 3.38. The Labute approximate surface area is 119 Å². The van der Waals surface area contributed by atoms with E-state index in [-0.39, 0.29) is 0 Å². The molecule has 2 fully saturated rings. The molecule has 0 amide bonds. The number of hydrogen-bond acceptors (Lipinski definition) is 3. The molecule has 0 radical (unpaired) electrons. The third kappa shape index (κ3) is 4.14. The molecule has 0 saturated carbocycles. The highest BCUT2D eigenvalue weighted by atomic mass is 32.1. The van der Waals surface area contributed by atoms with Crippen molar-refractivity contribution in [2.75, 3.05) is 38.5 Å². The lowest BCUT2D eigenvalue weighted by Crippen LogP contribution is -2.48. The summed E-state index contributed by atoms with van der Waals surface area (Å²) in [7, 11) is 0. The molecule has 0 aromatic rings. The SMILES string of the molecule is CC(C)(CS)CN1CCC(N2CCCCC2)CC1. The lowest BCUT2D eigenvalue weighted by atomic mass is 9.93. The third-order valence-electron chi connectivity index (χ3n) is 4.54. The van der Waals surface area contributed by atoms with Gasteiger partial charge in [-0.05, 0) is 63.0 Å². The van der Waals surface area contributed by atoms with Gasteiger partial charge in [-0.1, -0.05) is 20.3 Å². The van der Waals surface area contributed by atoms with Crippen molar-refractivity contribution < 1.29 is 0 Å². The number of likely N-dealkylation sites (tertiary alicyclic amines) is 2. The van der Waals surface area contributed by atoms with Gasteiger partial charge in [0.15, 0.2) is 0 Å². The fourth-order valence-corrected chi connectivity index (χ4v) is 3.48. The molecule has 2 rings (SSSR count). The van der Waals surface area contributed by atoms with Gasteiger partial charge in [0, 0.05) is 12.6 Å². The molecular weight excluding hydrogens is 240 g/mol. The zero-order valence-corrected chi connectivity index (χ0v) is 13.1. The van der Waals surface area contributed by atoms with Crippen molar-refractivity contribution in [3.05, 3.63) is 0 Å². The molecule has 2 nitrogen and oxygen atoms in total. The largest absolute Gasteiger partial charge is 0.303 e. The normalized spacial score (nSPS) is 25.5. The molecule has 0 spiro atoms. The molecule has 0 aromatic heterocycles.